The first-order chi connectivity index (χ1) is 9.77. The third-order valence-corrected chi connectivity index (χ3v) is 3.02. The van der Waals surface area contributed by atoms with E-state index in [1.165, 1.54) is 6.07 Å². The fourth-order valence-electron chi connectivity index (χ4n) is 1.87. The van der Waals surface area contributed by atoms with Crippen molar-refractivity contribution in [2.24, 2.45) is 0 Å². The minimum absolute atomic E-state index is 0.0556. The number of nitrogen functional groups attached to an aromatic ring is 1. The molecule has 0 unspecified atom stereocenters. The molecule has 0 saturated heterocycles. The smallest absolute Gasteiger partial charge is 0.397 e. The molecule has 2 rings (SSSR count). The van der Waals surface area contributed by atoms with Gasteiger partial charge in [0.1, 0.15) is 0 Å². The van der Waals surface area contributed by atoms with Crippen LogP contribution in [0.5, 0.6) is 0 Å². The van der Waals surface area contributed by atoms with Crippen LogP contribution in [0.1, 0.15) is 5.56 Å². The Balaban J connectivity index is 2.26. The lowest BCUT2D eigenvalue weighted by atomic mass is 10.1. The number of benzene rings is 2. The number of rotatable bonds is 3. The topological polar surface area (TPSA) is 41.3 Å². The largest absolute Gasteiger partial charge is 0.416 e. The van der Waals surface area contributed by atoms with Gasteiger partial charge in [-0.25, -0.2) is 0 Å². The summed E-state index contributed by atoms with van der Waals surface area (Å²) < 4.78 is 37.8. The quantitative estimate of drug-likeness (QED) is 0.838. The highest BCUT2D eigenvalue weighted by Crippen LogP contribution is 2.34. The van der Waals surface area contributed by atoms with E-state index < -0.39 is 11.7 Å². The van der Waals surface area contributed by atoms with Gasteiger partial charge in [0.25, 0.3) is 0 Å². The second-order valence-corrected chi connectivity index (χ2v) is 4.87. The Morgan fingerprint density at radius 1 is 1.05 bits per heavy atom. The molecule has 3 N–H and O–H groups in total. The molecule has 0 amide bonds. The summed E-state index contributed by atoms with van der Waals surface area (Å²) in [6.07, 6.45) is -4.39. The number of nitrogens with one attached hydrogen (secondary N) is 1. The van der Waals surface area contributed by atoms with Gasteiger partial charge in [-0.1, -0.05) is 6.07 Å². The van der Waals surface area contributed by atoms with Crippen LogP contribution in [0, 0.1) is 0 Å². The van der Waals surface area contributed by atoms with Crippen molar-refractivity contribution in [2.75, 3.05) is 30.0 Å². The number of hydrogen-bond donors (Lipinski definition) is 2. The molecule has 2 aromatic carbocycles. The molecule has 0 atom stereocenters. The Hall–Kier alpha value is -2.37. The minimum Gasteiger partial charge on any atom is -0.397 e. The Kier molecular flexibility index (Phi) is 3.97. The highest BCUT2D eigenvalue weighted by Gasteiger charge is 2.30. The van der Waals surface area contributed by atoms with Crippen LogP contribution in [0.2, 0.25) is 0 Å². The summed E-state index contributed by atoms with van der Waals surface area (Å²) >= 11 is 0. The molecule has 0 radical (unpaired) electrons. The van der Waals surface area contributed by atoms with E-state index in [9.17, 15) is 13.2 Å². The molecule has 2 aromatic rings. The summed E-state index contributed by atoms with van der Waals surface area (Å²) in [6, 6.07) is 10.8. The fourth-order valence-corrected chi connectivity index (χ4v) is 1.87. The van der Waals surface area contributed by atoms with E-state index in [-0.39, 0.29) is 5.69 Å². The first-order valence-electron chi connectivity index (χ1n) is 6.28. The number of hydrogen-bond acceptors (Lipinski definition) is 3. The maximum absolute atomic E-state index is 12.6. The summed E-state index contributed by atoms with van der Waals surface area (Å²) in [5.41, 5.74) is 7.17. The number of halogens is 3. The van der Waals surface area contributed by atoms with Gasteiger partial charge in [0, 0.05) is 25.5 Å². The Labute approximate surface area is 121 Å². The second-order valence-electron chi connectivity index (χ2n) is 4.87. The Bertz CT molecular complexity index is 636. The van der Waals surface area contributed by atoms with E-state index >= 15 is 0 Å². The molecule has 112 valence electrons. The molecule has 21 heavy (non-hydrogen) atoms. The minimum atomic E-state index is -4.39. The van der Waals surface area contributed by atoms with Gasteiger partial charge in [-0.3, -0.25) is 0 Å². The lowest BCUT2D eigenvalue weighted by molar-refractivity contribution is -0.137. The first kappa shape index (κ1) is 15.0. The van der Waals surface area contributed by atoms with Gasteiger partial charge in [-0.15, -0.1) is 0 Å². The molecule has 0 aliphatic rings. The van der Waals surface area contributed by atoms with E-state index in [2.05, 4.69) is 5.32 Å². The van der Waals surface area contributed by atoms with Gasteiger partial charge in [0.05, 0.1) is 16.9 Å². The average Bonchev–Trinajstić information content (AvgIpc) is 2.40. The molecule has 0 fully saturated rings. The van der Waals surface area contributed by atoms with Crippen molar-refractivity contribution in [1.82, 2.24) is 0 Å². The maximum atomic E-state index is 12.6. The van der Waals surface area contributed by atoms with Gasteiger partial charge < -0.3 is 16.0 Å². The van der Waals surface area contributed by atoms with Crippen LogP contribution < -0.4 is 16.0 Å². The van der Waals surface area contributed by atoms with Crippen molar-refractivity contribution >= 4 is 22.7 Å². The molecule has 0 aliphatic carbocycles. The summed E-state index contributed by atoms with van der Waals surface area (Å²) in [4.78, 5) is 1.93. The van der Waals surface area contributed by atoms with Crippen LogP contribution in [0.15, 0.2) is 42.5 Å². The van der Waals surface area contributed by atoms with Crippen LogP contribution in [-0.4, -0.2) is 14.1 Å². The van der Waals surface area contributed by atoms with Crippen molar-refractivity contribution in [3.05, 3.63) is 48.0 Å². The van der Waals surface area contributed by atoms with Crippen LogP contribution in [0.25, 0.3) is 0 Å². The molecular formula is C15H16F3N3. The first-order valence-corrected chi connectivity index (χ1v) is 6.28. The number of nitrogens with zero attached hydrogens (tertiary/aromatic N) is 1. The molecule has 3 nitrogen and oxygen atoms in total. The van der Waals surface area contributed by atoms with Gasteiger partial charge in [-0.2, -0.15) is 13.2 Å². The molecule has 0 bridgehead atoms. The monoisotopic (exact) mass is 295 g/mol. The zero-order valence-electron chi connectivity index (χ0n) is 11.7. The van der Waals surface area contributed by atoms with E-state index in [4.69, 9.17) is 5.73 Å². The van der Waals surface area contributed by atoms with E-state index in [0.717, 1.165) is 23.5 Å². The maximum Gasteiger partial charge on any atom is 0.416 e. The van der Waals surface area contributed by atoms with Crippen LogP contribution >= 0.6 is 0 Å². The van der Waals surface area contributed by atoms with Crippen molar-refractivity contribution in [3.63, 3.8) is 0 Å². The predicted octanol–water partition coefficient (Wildman–Crippen LogP) is 4.10. The predicted molar refractivity (Wildman–Crippen MR) is 79.9 cm³/mol. The van der Waals surface area contributed by atoms with Crippen LogP contribution in [0.3, 0.4) is 0 Å². The van der Waals surface area contributed by atoms with Crippen LogP contribution in [-0.2, 0) is 6.18 Å². The molecule has 6 heteroatoms. The highest BCUT2D eigenvalue weighted by molar-refractivity contribution is 5.74. The normalized spacial score (nSPS) is 11.3. The number of alkyl halides is 3. The van der Waals surface area contributed by atoms with Crippen molar-refractivity contribution in [3.8, 4) is 0 Å². The molecule has 0 heterocycles. The molecule has 0 spiro atoms. The molecular weight excluding hydrogens is 279 g/mol. The van der Waals surface area contributed by atoms with Gasteiger partial charge in [0.2, 0.25) is 0 Å². The average molecular weight is 295 g/mol. The lowest BCUT2D eigenvalue weighted by Gasteiger charge is -2.16. The SMILES string of the molecule is CN(C)c1cccc(Nc2ccc(C(F)(F)F)cc2N)c1. The third kappa shape index (κ3) is 3.59. The fraction of sp³-hybridized carbons (Fsp3) is 0.200. The van der Waals surface area contributed by atoms with Gasteiger partial charge in [-0.05, 0) is 36.4 Å². The van der Waals surface area contributed by atoms with E-state index in [1.807, 2.05) is 43.3 Å². The van der Waals surface area contributed by atoms with Crippen molar-refractivity contribution < 1.29 is 13.2 Å². The van der Waals surface area contributed by atoms with Crippen molar-refractivity contribution in [1.29, 1.82) is 0 Å². The lowest BCUT2D eigenvalue weighted by Crippen LogP contribution is -2.09. The summed E-state index contributed by atoms with van der Waals surface area (Å²) in [5, 5.41) is 3.03. The molecule has 0 saturated carbocycles. The summed E-state index contributed by atoms with van der Waals surface area (Å²) in [5.74, 6) is 0. The third-order valence-electron chi connectivity index (χ3n) is 3.02. The molecule has 0 aromatic heterocycles. The van der Waals surface area contributed by atoms with E-state index in [1.54, 1.807) is 0 Å². The van der Waals surface area contributed by atoms with Crippen molar-refractivity contribution in [2.45, 2.75) is 6.18 Å². The number of nitrogens with two attached hydrogens (primary N) is 1. The standard InChI is InChI=1S/C15H16F3N3/c1-21(2)12-5-3-4-11(9-12)20-14-7-6-10(8-13(14)19)15(16,17)18/h3-9,20H,19H2,1-2H3. The summed E-state index contributed by atoms with van der Waals surface area (Å²) in [7, 11) is 3.82. The zero-order valence-corrected chi connectivity index (χ0v) is 11.7. The van der Waals surface area contributed by atoms with Gasteiger partial charge in [0.15, 0.2) is 0 Å². The molecule has 0 aliphatic heterocycles. The second kappa shape index (κ2) is 5.55. The van der Waals surface area contributed by atoms with Crippen LogP contribution in [0.4, 0.5) is 35.9 Å². The Morgan fingerprint density at radius 3 is 2.33 bits per heavy atom. The van der Waals surface area contributed by atoms with Gasteiger partial charge >= 0.3 is 6.18 Å². The zero-order chi connectivity index (χ0) is 15.6. The number of anilines is 4. The van der Waals surface area contributed by atoms with E-state index in [0.29, 0.717) is 5.69 Å². The Morgan fingerprint density at radius 2 is 1.76 bits per heavy atom. The highest BCUT2D eigenvalue weighted by atomic mass is 19.4. The summed E-state index contributed by atoms with van der Waals surface area (Å²) in [6.45, 7) is 0.